The van der Waals surface area contributed by atoms with Crippen LogP contribution in [0.1, 0.15) is 148 Å². The zero-order valence-electron chi connectivity index (χ0n) is 42.7. The third kappa shape index (κ3) is 28.3. The van der Waals surface area contributed by atoms with Crippen molar-refractivity contribution in [3.63, 3.8) is 0 Å². The van der Waals surface area contributed by atoms with Crippen molar-refractivity contribution < 1.29 is 85.5 Å². The first-order valence-corrected chi connectivity index (χ1v) is 25.9. The van der Waals surface area contributed by atoms with Gasteiger partial charge in [0.2, 0.25) is 6.41 Å². The fourth-order valence-corrected chi connectivity index (χ4v) is 9.66. The number of nitrogens with zero attached hydrogens (tertiary/aromatic N) is 1. The molecule has 0 unspecified atom stereocenters. The Labute approximate surface area is 425 Å². The van der Waals surface area contributed by atoms with Gasteiger partial charge in [-0.15, -0.1) is 0 Å². The fourth-order valence-electron chi connectivity index (χ4n) is 9.66. The minimum atomic E-state index is -1.22. The smallest absolute Gasteiger partial charge is 0.257 e. The Hall–Kier alpha value is -3.41. The van der Waals surface area contributed by atoms with Crippen LogP contribution in [0, 0.1) is 5.92 Å². The molecule has 0 aliphatic carbocycles. The molecule has 0 fully saturated rings. The van der Waals surface area contributed by atoms with Crippen LogP contribution in [0.2, 0.25) is 0 Å². The van der Waals surface area contributed by atoms with Gasteiger partial charge < -0.3 is 76.4 Å². The maximum absolute atomic E-state index is 13.3. The lowest BCUT2D eigenvalue weighted by molar-refractivity contribution is -0.139. The molecule has 19 nitrogen and oxygen atoms in total. The summed E-state index contributed by atoms with van der Waals surface area (Å²) in [5.41, 5.74) is 1.90. The molecule has 0 bridgehead atoms. The number of nitrogens with one attached hydrogen (secondary N) is 1. The van der Waals surface area contributed by atoms with E-state index in [1.54, 1.807) is 6.08 Å². The van der Waals surface area contributed by atoms with Crippen molar-refractivity contribution in [1.82, 2.24) is 10.2 Å². The van der Waals surface area contributed by atoms with Crippen molar-refractivity contribution in [3.05, 3.63) is 59.4 Å². The van der Waals surface area contributed by atoms with Crippen molar-refractivity contribution in [1.29, 1.82) is 0 Å². The van der Waals surface area contributed by atoms with Crippen molar-refractivity contribution >= 4 is 18.2 Å². The summed E-state index contributed by atoms with van der Waals surface area (Å²) in [6, 6.07) is 9.17. The molecular formula is C53H90N2O17. The molecule has 0 saturated heterocycles. The minimum absolute atomic E-state index is 0.0597. The number of carbonyl (C=O) groups is 3. The predicted molar refractivity (Wildman–Crippen MR) is 268 cm³/mol. The first-order chi connectivity index (χ1) is 34.1. The number of methoxy groups -OCH3 is 1. The van der Waals surface area contributed by atoms with Crippen molar-refractivity contribution in [3.8, 4) is 0 Å². The van der Waals surface area contributed by atoms with E-state index in [0.29, 0.717) is 30.9 Å². The van der Waals surface area contributed by atoms with E-state index >= 15 is 0 Å². The summed E-state index contributed by atoms with van der Waals surface area (Å²) in [5, 5.41) is 136. The molecule has 1 aliphatic heterocycles. The Morgan fingerprint density at radius 1 is 0.583 bits per heavy atom. The summed E-state index contributed by atoms with van der Waals surface area (Å²) < 4.78 is 5.45. The van der Waals surface area contributed by atoms with E-state index in [9.17, 15) is 80.8 Å². The van der Waals surface area contributed by atoms with Crippen LogP contribution < -0.4 is 5.32 Å². The highest BCUT2D eigenvalue weighted by molar-refractivity contribution is 6.08. The zero-order valence-corrected chi connectivity index (χ0v) is 42.7. The summed E-state index contributed by atoms with van der Waals surface area (Å²) in [6.07, 6.45) is -5.81. The molecule has 2 rings (SSSR count). The zero-order chi connectivity index (χ0) is 53.8. The Bertz CT molecular complexity index is 1710. The SMILES string of the molecule is COC1=CC(=O)N(C(=O)/C=C(/C)C[C@H](C)CCCCCCC[C@H](O)C[C@@H](O)C[C@@H](O)C[C@@H](O)C[C@@H](O)C[C@@H](O)C[C@@H](O)C[C@@H](O)C[C@@H](O)C[C@@H](O)C[C@@H](O)C[C@@H](O)C[C@H](O)CNC=O)[C@H]1Cc1ccccc1. The van der Waals surface area contributed by atoms with Crippen LogP contribution in [0.3, 0.4) is 0 Å². The largest absolute Gasteiger partial charge is 0.499 e. The maximum atomic E-state index is 13.3. The number of imide groups is 1. The number of amides is 3. The van der Waals surface area contributed by atoms with Crippen molar-refractivity contribution in [2.24, 2.45) is 5.92 Å². The molecule has 15 atom stereocenters. The lowest BCUT2D eigenvalue weighted by atomic mass is 9.94. The van der Waals surface area contributed by atoms with Crippen LogP contribution in [0.15, 0.2) is 53.8 Å². The highest BCUT2D eigenvalue weighted by atomic mass is 16.5. The molecule has 0 radical (unpaired) electrons. The third-order valence-corrected chi connectivity index (χ3v) is 13.1. The summed E-state index contributed by atoms with van der Waals surface area (Å²) in [5.74, 6) is 0.0821. The molecule has 14 N–H and O–H groups in total. The lowest BCUT2D eigenvalue weighted by Crippen LogP contribution is -2.41. The number of aliphatic hydroxyl groups excluding tert-OH is 13. The predicted octanol–water partition coefficient (Wildman–Crippen LogP) is 1.32. The van der Waals surface area contributed by atoms with E-state index in [-0.39, 0.29) is 95.4 Å². The molecule has 0 aromatic heterocycles. The average Bonchev–Trinajstić information content (AvgIpc) is 3.58. The van der Waals surface area contributed by atoms with Gasteiger partial charge in [0.25, 0.3) is 11.8 Å². The van der Waals surface area contributed by atoms with E-state index < -0.39 is 85.4 Å². The fraction of sp³-hybridized carbons (Fsp3) is 0.755. The number of ether oxygens (including phenoxy) is 1. The molecule has 414 valence electrons. The van der Waals surface area contributed by atoms with Gasteiger partial charge in [0.05, 0.1) is 86.5 Å². The molecule has 19 heteroatoms. The average molecular weight is 1030 g/mol. The summed E-state index contributed by atoms with van der Waals surface area (Å²) in [6.45, 7) is 3.99. The maximum Gasteiger partial charge on any atom is 0.257 e. The van der Waals surface area contributed by atoms with Gasteiger partial charge in [0.1, 0.15) is 11.8 Å². The third-order valence-electron chi connectivity index (χ3n) is 13.1. The number of hydrogen-bond acceptors (Lipinski definition) is 17. The molecule has 1 aromatic carbocycles. The monoisotopic (exact) mass is 1030 g/mol. The van der Waals surface area contributed by atoms with E-state index in [1.807, 2.05) is 37.3 Å². The van der Waals surface area contributed by atoms with Gasteiger partial charge in [0.15, 0.2) is 0 Å². The van der Waals surface area contributed by atoms with Crippen molar-refractivity contribution in [2.45, 2.75) is 234 Å². The Morgan fingerprint density at radius 2 is 0.958 bits per heavy atom. The summed E-state index contributed by atoms with van der Waals surface area (Å²) >= 11 is 0. The number of aliphatic hydroxyl groups is 13. The normalized spacial score (nSPS) is 20.2. The molecular weight excluding hydrogens is 937 g/mol. The van der Waals surface area contributed by atoms with E-state index in [0.717, 1.165) is 56.1 Å². The van der Waals surface area contributed by atoms with Crippen LogP contribution >= 0.6 is 0 Å². The summed E-state index contributed by atoms with van der Waals surface area (Å²) in [7, 11) is 1.50. The molecule has 1 heterocycles. The standard InChI is InChI=1S/C53H90N2O17/c1-34(16-35(2)17-52(70)55-50(51(72-3)31-53(55)71)18-36-13-9-7-10-14-36)12-8-5-4-6-11-15-37(57)19-38(58)20-39(59)21-40(60)22-41(61)23-42(62)24-43(63)25-44(64)26-45(65)27-46(66)28-47(67)29-48(68)30-49(69)32-54-33-56/h7,9-10,13-14,17,31,33-34,37-50,57-69H,4-6,8,11-12,15-16,18-30,32H2,1-3H3,(H,54,56)/b35-17-/t34-,37+,38-,39-,40-,41-,42-,43-,44-,45-,46-,47-,48-,49+,50+/m1/s1. The van der Waals surface area contributed by atoms with Crippen LogP contribution in [0.5, 0.6) is 0 Å². The highest BCUT2D eigenvalue weighted by Crippen LogP contribution is 2.27. The van der Waals surface area contributed by atoms with Crippen LogP contribution in [-0.4, -0.2) is 189 Å². The summed E-state index contributed by atoms with van der Waals surface area (Å²) in [4.78, 5) is 37.7. The minimum Gasteiger partial charge on any atom is -0.499 e. The van der Waals surface area contributed by atoms with Gasteiger partial charge in [-0.05, 0) is 102 Å². The first kappa shape index (κ1) is 64.7. The number of allylic oxidation sites excluding steroid dienone is 1. The molecule has 1 aromatic rings. The molecule has 0 spiro atoms. The lowest BCUT2D eigenvalue weighted by Gasteiger charge is -2.24. The number of hydrogen-bond donors (Lipinski definition) is 14. The number of rotatable bonds is 41. The molecule has 72 heavy (non-hydrogen) atoms. The van der Waals surface area contributed by atoms with Gasteiger partial charge in [-0.3, -0.25) is 19.3 Å². The van der Waals surface area contributed by atoms with Crippen LogP contribution in [0.25, 0.3) is 0 Å². The van der Waals surface area contributed by atoms with Gasteiger partial charge in [-0.1, -0.05) is 81.4 Å². The quantitative estimate of drug-likeness (QED) is 0.0250. The van der Waals surface area contributed by atoms with Gasteiger partial charge in [-0.2, -0.15) is 0 Å². The molecule has 1 aliphatic rings. The second-order valence-corrected chi connectivity index (χ2v) is 20.5. The topological polar surface area (TPSA) is 339 Å². The Morgan fingerprint density at radius 3 is 1.36 bits per heavy atom. The molecule has 0 saturated carbocycles. The second kappa shape index (κ2) is 35.7. The number of unbranched alkanes of at least 4 members (excludes halogenated alkanes) is 4. The van der Waals surface area contributed by atoms with E-state index in [1.165, 1.54) is 18.1 Å². The van der Waals surface area contributed by atoms with Crippen LogP contribution in [-0.2, 0) is 25.5 Å². The van der Waals surface area contributed by atoms with Gasteiger partial charge in [-0.25, -0.2) is 0 Å². The van der Waals surface area contributed by atoms with E-state index in [4.69, 9.17) is 4.74 Å². The van der Waals surface area contributed by atoms with Gasteiger partial charge >= 0.3 is 0 Å². The Balaban J connectivity index is 1.56. The first-order valence-electron chi connectivity index (χ1n) is 25.9. The van der Waals surface area contributed by atoms with Gasteiger partial charge in [0, 0.05) is 31.5 Å². The molecule has 3 amide bonds. The van der Waals surface area contributed by atoms with Crippen molar-refractivity contribution in [2.75, 3.05) is 13.7 Å². The van der Waals surface area contributed by atoms with Crippen LogP contribution in [0.4, 0.5) is 0 Å². The Kier molecular flexibility index (Phi) is 32.1. The highest BCUT2D eigenvalue weighted by Gasteiger charge is 2.37. The number of benzene rings is 1. The number of carbonyl (C=O) groups excluding carboxylic acids is 3. The second-order valence-electron chi connectivity index (χ2n) is 20.5. The van der Waals surface area contributed by atoms with E-state index in [2.05, 4.69) is 12.2 Å².